The predicted octanol–water partition coefficient (Wildman–Crippen LogP) is 4.80. The number of hydrogen-bond acceptors (Lipinski definition) is 1. The highest BCUT2D eigenvalue weighted by Crippen LogP contribution is 2.11. The predicted molar refractivity (Wildman–Crippen MR) is 80.5 cm³/mol. The molecular formula is C16H31N. The zero-order valence-electron chi connectivity index (χ0n) is 12.6. The van der Waals surface area contributed by atoms with Crippen molar-refractivity contribution in [1.82, 2.24) is 5.32 Å². The molecule has 0 atom stereocenters. The third-order valence-electron chi connectivity index (χ3n) is 2.00. The quantitative estimate of drug-likeness (QED) is 0.683. The fourth-order valence-corrected chi connectivity index (χ4v) is 1.42. The van der Waals surface area contributed by atoms with Gasteiger partial charge in [-0.2, -0.15) is 0 Å². The molecule has 1 aliphatic rings. The van der Waals surface area contributed by atoms with Gasteiger partial charge in [-0.15, -0.1) is 0 Å². The summed E-state index contributed by atoms with van der Waals surface area (Å²) < 4.78 is 0. The van der Waals surface area contributed by atoms with E-state index in [0.717, 1.165) is 13.1 Å². The van der Waals surface area contributed by atoms with Crippen molar-refractivity contribution in [1.29, 1.82) is 0 Å². The Bertz CT molecular complexity index is 218. The Morgan fingerprint density at radius 1 is 0.941 bits per heavy atom. The summed E-state index contributed by atoms with van der Waals surface area (Å²) in [5.74, 6) is 0. The molecule has 1 heterocycles. The lowest BCUT2D eigenvalue weighted by Crippen LogP contribution is -2.23. The summed E-state index contributed by atoms with van der Waals surface area (Å²) in [4.78, 5) is 0. The summed E-state index contributed by atoms with van der Waals surface area (Å²) in [6.07, 6.45) is 2.44. The molecule has 2 rings (SSSR count). The molecule has 0 aromatic heterocycles. The molecular weight excluding hydrogens is 206 g/mol. The summed E-state index contributed by atoms with van der Waals surface area (Å²) in [6.45, 7) is 14.4. The van der Waals surface area contributed by atoms with Crippen molar-refractivity contribution in [3.63, 3.8) is 0 Å². The maximum Gasteiger partial charge on any atom is 0.0208 e. The van der Waals surface area contributed by atoms with Crippen LogP contribution in [0.25, 0.3) is 0 Å². The summed E-state index contributed by atoms with van der Waals surface area (Å²) >= 11 is 0. The monoisotopic (exact) mass is 237 g/mol. The van der Waals surface area contributed by atoms with Gasteiger partial charge in [0.1, 0.15) is 0 Å². The zero-order valence-corrected chi connectivity index (χ0v) is 12.6. The molecule has 1 aliphatic heterocycles. The van der Waals surface area contributed by atoms with Gasteiger partial charge in [0, 0.05) is 6.54 Å². The van der Waals surface area contributed by atoms with E-state index in [1.54, 1.807) is 0 Å². The minimum Gasteiger partial charge on any atom is -0.312 e. The third kappa shape index (κ3) is 8.93. The Morgan fingerprint density at radius 3 is 1.88 bits per heavy atom. The average molecular weight is 237 g/mol. The second-order valence-electron chi connectivity index (χ2n) is 3.40. The molecule has 0 bridgehead atoms. The number of fused-ring (bicyclic) bond motifs is 1. The van der Waals surface area contributed by atoms with E-state index < -0.39 is 0 Å². The molecule has 0 radical (unpaired) electrons. The van der Waals surface area contributed by atoms with Crippen LogP contribution in [0.2, 0.25) is 0 Å². The van der Waals surface area contributed by atoms with Gasteiger partial charge in [-0.05, 0) is 24.1 Å². The highest BCUT2D eigenvalue weighted by atomic mass is 14.9. The van der Waals surface area contributed by atoms with Crippen molar-refractivity contribution >= 4 is 0 Å². The summed E-state index contributed by atoms with van der Waals surface area (Å²) in [6, 6.07) is 8.63. The summed E-state index contributed by atoms with van der Waals surface area (Å²) in [7, 11) is 0. The maximum atomic E-state index is 3.34. The Morgan fingerprint density at radius 2 is 1.41 bits per heavy atom. The fourth-order valence-electron chi connectivity index (χ4n) is 1.42. The standard InChI is InChI=1S/C9H11N.C3H8.2C2H6/c1-2-4-9-7-10-6-5-8(9)3-1;1-3-2;2*1-2/h1-4,10H,5-7H2;3H2,1-2H3;2*1-2H3. The molecule has 0 fully saturated rings. The first-order valence-electron chi connectivity index (χ1n) is 7.16. The zero-order chi connectivity index (χ0) is 13.5. The lowest BCUT2D eigenvalue weighted by atomic mass is 10.0. The number of nitrogens with one attached hydrogen (secondary N) is 1. The van der Waals surface area contributed by atoms with Gasteiger partial charge in [-0.25, -0.2) is 0 Å². The Labute approximate surface area is 109 Å². The molecule has 1 aromatic rings. The van der Waals surface area contributed by atoms with E-state index in [1.807, 2.05) is 27.7 Å². The van der Waals surface area contributed by atoms with Gasteiger partial charge >= 0.3 is 0 Å². The minimum atomic E-state index is 1.05. The first-order valence-corrected chi connectivity index (χ1v) is 7.16. The van der Waals surface area contributed by atoms with Crippen LogP contribution in [0.15, 0.2) is 24.3 Å². The topological polar surface area (TPSA) is 12.0 Å². The van der Waals surface area contributed by atoms with Crippen LogP contribution >= 0.6 is 0 Å². The van der Waals surface area contributed by atoms with Crippen LogP contribution in [0.4, 0.5) is 0 Å². The Kier molecular flexibility index (Phi) is 16.6. The van der Waals surface area contributed by atoms with Crippen molar-refractivity contribution in [2.24, 2.45) is 0 Å². The number of hydrogen-bond donors (Lipinski definition) is 1. The molecule has 17 heavy (non-hydrogen) atoms. The summed E-state index contributed by atoms with van der Waals surface area (Å²) in [5, 5.41) is 3.34. The normalized spacial score (nSPS) is 11.4. The van der Waals surface area contributed by atoms with Crippen LogP contribution in [0.3, 0.4) is 0 Å². The SMILES string of the molecule is CC.CC.CCC.c1ccc2c(c1)CCNC2. The van der Waals surface area contributed by atoms with Gasteiger partial charge < -0.3 is 5.32 Å². The molecule has 1 aromatic carbocycles. The molecule has 1 N–H and O–H groups in total. The lowest BCUT2D eigenvalue weighted by molar-refractivity contribution is 0.644. The Balaban J connectivity index is 0. The third-order valence-corrected chi connectivity index (χ3v) is 2.00. The Hall–Kier alpha value is -0.820. The lowest BCUT2D eigenvalue weighted by Gasteiger charge is -2.15. The smallest absolute Gasteiger partial charge is 0.0208 e. The molecule has 0 saturated carbocycles. The second kappa shape index (κ2) is 15.2. The molecule has 0 aliphatic carbocycles. The molecule has 0 spiro atoms. The van der Waals surface area contributed by atoms with Crippen LogP contribution in [0.5, 0.6) is 0 Å². The van der Waals surface area contributed by atoms with Gasteiger partial charge in [0.2, 0.25) is 0 Å². The van der Waals surface area contributed by atoms with Crippen molar-refractivity contribution in [3.8, 4) is 0 Å². The van der Waals surface area contributed by atoms with E-state index in [4.69, 9.17) is 0 Å². The first kappa shape index (κ1) is 18.5. The van der Waals surface area contributed by atoms with Crippen molar-refractivity contribution in [2.45, 2.75) is 60.9 Å². The number of benzene rings is 1. The van der Waals surface area contributed by atoms with E-state index in [9.17, 15) is 0 Å². The second-order valence-corrected chi connectivity index (χ2v) is 3.40. The molecule has 1 nitrogen and oxygen atoms in total. The van der Waals surface area contributed by atoms with Crippen LogP contribution in [-0.2, 0) is 13.0 Å². The number of rotatable bonds is 0. The van der Waals surface area contributed by atoms with Gasteiger partial charge in [0.15, 0.2) is 0 Å². The van der Waals surface area contributed by atoms with E-state index in [2.05, 4.69) is 43.4 Å². The van der Waals surface area contributed by atoms with E-state index in [-0.39, 0.29) is 0 Å². The van der Waals surface area contributed by atoms with Crippen molar-refractivity contribution < 1.29 is 0 Å². The molecule has 0 saturated heterocycles. The van der Waals surface area contributed by atoms with Gasteiger partial charge in [0.05, 0.1) is 0 Å². The molecule has 0 unspecified atom stereocenters. The van der Waals surface area contributed by atoms with Gasteiger partial charge in [0.25, 0.3) is 0 Å². The first-order chi connectivity index (χ1) is 8.38. The largest absolute Gasteiger partial charge is 0.312 e. The molecule has 0 amide bonds. The molecule has 1 heteroatoms. The van der Waals surface area contributed by atoms with Crippen LogP contribution < -0.4 is 5.32 Å². The minimum absolute atomic E-state index is 1.05. The van der Waals surface area contributed by atoms with Gasteiger partial charge in [-0.3, -0.25) is 0 Å². The summed E-state index contributed by atoms with van der Waals surface area (Å²) in [5.41, 5.74) is 2.98. The van der Waals surface area contributed by atoms with Gasteiger partial charge in [-0.1, -0.05) is 72.2 Å². The van der Waals surface area contributed by atoms with E-state index >= 15 is 0 Å². The highest BCUT2D eigenvalue weighted by molar-refractivity contribution is 5.28. The van der Waals surface area contributed by atoms with Crippen molar-refractivity contribution in [3.05, 3.63) is 35.4 Å². The average Bonchev–Trinajstić information content (AvgIpc) is 2.44. The van der Waals surface area contributed by atoms with Crippen LogP contribution in [-0.4, -0.2) is 6.54 Å². The van der Waals surface area contributed by atoms with Crippen molar-refractivity contribution in [2.75, 3.05) is 6.54 Å². The highest BCUT2D eigenvalue weighted by Gasteiger charge is 2.05. The van der Waals surface area contributed by atoms with Crippen LogP contribution in [0, 0.1) is 0 Å². The fraction of sp³-hybridized carbons (Fsp3) is 0.625. The van der Waals surface area contributed by atoms with Crippen LogP contribution in [0.1, 0.15) is 59.1 Å². The molecule has 100 valence electrons. The maximum absolute atomic E-state index is 3.34. The van der Waals surface area contributed by atoms with E-state index in [1.165, 1.54) is 24.0 Å². The van der Waals surface area contributed by atoms with E-state index in [0.29, 0.717) is 0 Å².